The molecule has 2 saturated carbocycles. The van der Waals surface area contributed by atoms with Crippen LogP contribution in [-0.4, -0.2) is 25.3 Å². The Bertz CT molecular complexity index is 272. The second kappa shape index (κ2) is 4.55. The van der Waals surface area contributed by atoms with Crippen molar-refractivity contribution < 1.29 is 4.74 Å². The molecule has 0 aromatic rings. The minimum atomic E-state index is 0.478. The lowest BCUT2D eigenvalue weighted by Gasteiger charge is -2.61. The molecule has 2 aliphatic carbocycles. The minimum absolute atomic E-state index is 0.478. The summed E-state index contributed by atoms with van der Waals surface area (Å²) in [5.74, 6) is 6.01. The van der Waals surface area contributed by atoms with Crippen molar-refractivity contribution in [3.8, 4) is 11.8 Å². The summed E-state index contributed by atoms with van der Waals surface area (Å²) >= 11 is 0. The lowest BCUT2D eigenvalue weighted by molar-refractivity contribution is -0.171. The highest BCUT2D eigenvalue weighted by Gasteiger charge is 2.58. The number of ether oxygens (including phenoxy) is 1. The van der Waals surface area contributed by atoms with E-state index in [4.69, 9.17) is 4.74 Å². The van der Waals surface area contributed by atoms with Gasteiger partial charge < -0.3 is 10.1 Å². The fourth-order valence-corrected chi connectivity index (χ4v) is 2.99. The molecule has 0 radical (unpaired) electrons. The first-order chi connectivity index (χ1) is 7.33. The van der Waals surface area contributed by atoms with E-state index in [0.29, 0.717) is 17.6 Å². The number of rotatable bonds is 4. The molecular weight excluding hydrogens is 186 g/mol. The smallest absolute Gasteiger partial charge is 0.0661 e. The van der Waals surface area contributed by atoms with E-state index in [0.717, 1.165) is 13.2 Å². The highest BCUT2D eigenvalue weighted by molar-refractivity contribution is 5.13. The molecule has 2 unspecified atom stereocenters. The molecule has 1 spiro atoms. The number of nitrogens with one attached hydrogen (secondary N) is 1. The standard InChI is InChI=1S/C13H21NO/c1-3-5-9-14-11-10-12(15-4-2)13(11)7-6-8-13/h11-12,14H,4,6-10H2,1-2H3. The van der Waals surface area contributed by atoms with E-state index < -0.39 is 0 Å². The molecule has 2 nitrogen and oxygen atoms in total. The van der Waals surface area contributed by atoms with Crippen LogP contribution in [0.25, 0.3) is 0 Å². The Kier molecular flexibility index (Phi) is 3.33. The van der Waals surface area contributed by atoms with Gasteiger partial charge in [-0.15, -0.1) is 5.92 Å². The summed E-state index contributed by atoms with van der Waals surface area (Å²) in [4.78, 5) is 0. The zero-order valence-electron chi connectivity index (χ0n) is 9.81. The van der Waals surface area contributed by atoms with Gasteiger partial charge in [0.25, 0.3) is 0 Å². The van der Waals surface area contributed by atoms with Gasteiger partial charge in [0.1, 0.15) is 0 Å². The summed E-state index contributed by atoms with van der Waals surface area (Å²) in [6, 6.07) is 0.656. The average Bonchev–Trinajstić information content (AvgIpc) is 2.12. The quantitative estimate of drug-likeness (QED) is 0.711. The molecule has 0 bridgehead atoms. The summed E-state index contributed by atoms with van der Waals surface area (Å²) in [5, 5.41) is 3.55. The van der Waals surface area contributed by atoms with Crippen molar-refractivity contribution in [2.24, 2.45) is 5.41 Å². The topological polar surface area (TPSA) is 21.3 Å². The third kappa shape index (κ3) is 1.79. The first-order valence-electron chi connectivity index (χ1n) is 6.08. The zero-order chi connectivity index (χ0) is 10.7. The van der Waals surface area contributed by atoms with Crippen LogP contribution in [0.2, 0.25) is 0 Å². The molecule has 2 aliphatic rings. The Balaban J connectivity index is 1.84. The van der Waals surface area contributed by atoms with Gasteiger partial charge in [-0.05, 0) is 33.1 Å². The van der Waals surface area contributed by atoms with Crippen molar-refractivity contribution >= 4 is 0 Å². The van der Waals surface area contributed by atoms with Crippen molar-refractivity contribution in [3.05, 3.63) is 0 Å². The highest BCUT2D eigenvalue weighted by atomic mass is 16.5. The minimum Gasteiger partial charge on any atom is -0.378 e. The van der Waals surface area contributed by atoms with Crippen LogP contribution in [0.1, 0.15) is 39.5 Å². The molecular formula is C13H21NO. The maximum Gasteiger partial charge on any atom is 0.0661 e. The Labute approximate surface area is 92.8 Å². The van der Waals surface area contributed by atoms with Gasteiger partial charge in [0.2, 0.25) is 0 Å². The monoisotopic (exact) mass is 207 g/mol. The van der Waals surface area contributed by atoms with E-state index in [9.17, 15) is 0 Å². The van der Waals surface area contributed by atoms with Gasteiger partial charge in [0.15, 0.2) is 0 Å². The van der Waals surface area contributed by atoms with Crippen molar-refractivity contribution in [3.63, 3.8) is 0 Å². The molecule has 2 rings (SSSR count). The Morgan fingerprint density at radius 2 is 2.27 bits per heavy atom. The highest BCUT2D eigenvalue weighted by Crippen LogP contribution is 2.57. The first-order valence-corrected chi connectivity index (χ1v) is 6.08. The van der Waals surface area contributed by atoms with Crippen molar-refractivity contribution in [2.75, 3.05) is 13.2 Å². The molecule has 1 N–H and O–H groups in total. The summed E-state index contributed by atoms with van der Waals surface area (Å²) in [5.41, 5.74) is 0.478. The van der Waals surface area contributed by atoms with Crippen molar-refractivity contribution in [1.29, 1.82) is 0 Å². The van der Waals surface area contributed by atoms with Crippen molar-refractivity contribution in [1.82, 2.24) is 5.32 Å². The van der Waals surface area contributed by atoms with Crippen LogP contribution in [-0.2, 0) is 4.74 Å². The lowest BCUT2D eigenvalue weighted by atomic mass is 9.51. The molecule has 0 saturated heterocycles. The van der Waals surface area contributed by atoms with Crippen LogP contribution in [0, 0.1) is 17.3 Å². The fraction of sp³-hybridized carbons (Fsp3) is 0.846. The van der Waals surface area contributed by atoms with Crippen LogP contribution in [0.15, 0.2) is 0 Å². The van der Waals surface area contributed by atoms with Crippen LogP contribution >= 0.6 is 0 Å². The van der Waals surface area contributed by atoms with Gasteiger partial charge in [0.05, 0.1) is 12.6 Å². The molecule has 2 fully saturated rings. The molecule has 0 amide bonds. The summed E-state index contributed by atoms with van der Waals surface area (Å²) in [6.45, 7) is 5.68. The van der Waals surface area contributed by atoms with Gasteiger partial charge in [-0.3, -0.25) is 0 Å². The van der Waals surface area contributed by atoms with Gasteiger partial charge in [-0.2, -0.15) is 0 Å². The lowest BCUT2D eigenvalue weighted by Crippen LogP contribution is -2.66. The number of hydrogen-bond donors (Lipinski definition) is 1. The Morgan fingerprint density at radius 3 is 2.80 bits per heavy atom. The Morgan fingerprint density at radius 1 is 1.47 bits per heavy atom. The Hall–Kier alpha value is -0.520. The van der Waals surface area contributed by atoms with E-state index in [2.05, 4.69) is 24.1 Å². The maximum absolute atomic E-state index is 5.80. The molecule has 84 valence electrons. The van der Waals surface area contributed by atoms with Gasteiger partial charge >= 0.3 is 0 Å². The summed E-state index contributed by atoms with van der Waals surface area (Å²) in [6.07, 6.45) is 5.76. The van der Waals surface area contributed by atoms with E-state index in [-0.39, 0.29) is 0 Å². The second-order valence-corrected chi connectivity index (χ2v) is 4.63. The molecule has 0 aromatic heterocycles. The molecule has 2 heteroatoms. The van der Waals surface area contributed by atoms with Gasteiger partial charge in [0, 0.05) is 18.1 Å². The predicted molar refractivity (Wildman–Crippen MR) is 61.6 cm³/mol. The number of hydrogen-bond acceptors (Lipinski definition) is 2. The van der Waals surface area contributed by atoms with Crippen LogP contribution in [0.4, 0.5) is 0 Å². The fourth-order valence-electron chi connectivity index (χ4n) is 2.99. The van der Waals surface area contributed by atoms with Crippen LogP contribution in [0.5, 0.6) is 0 Å². The molecule has 0 heterocycles. The van der Waals surface area contributed by atoms with Gasteiger partial charge in [-0.1, -0.05) is 12.3 Å². The molecule has 2 atom stereocenters. The van der Waals surface area contributed by atoms with Crippen LogP contribution < -0.4 is 5.32 Å². The molecule has 0 aliphatic heterocycles. The SMILES string of the molecule is CC#CCNC1CC(OCC)C12CCC2. The van der Waals surface area contributed by atoms with E-state index in [1.165, 1.54) is 25.7 Å². The third-order valence-corrected chi connectivity index (χ3v) is 4.05. The normalized spacial score (nSPS) is 31.3. The van der Waals surface area contributed by atoms with Crippen molar-refractivity contribution in [2.45, 2.75) is 51.7 Å². The average molecular weight is 207 g/mol. The maximum atomic E-state index is 5.80. The van der Waals surface area contributed by atoms with E-state index >= 15 is 0 Å². The zero-order valence-corrected chi connectivity index (χ0v) is 9.81. The first kappa shape index (κ1) is 11.0. The second-order valence-electron chi connectivity index (χ2n) is 4.63. The predicted octanol–water partition coefficient (Wildman–Crippen LogP) is 1.95. The van der Waals surface area contributed by atoms with E-state index in [1.54, 1.807) is 0 Å². The van der Waals surface area contributed by atoms with E-state index in [1.807, 2.05) is 6.92 Å². The van der Waals surface area contributed by atoms with Crippen LogP contribution in [0.3, 0.4) is 0 Å². The third-order valence-electron chi connectivity index (χ3n) is 4.05. The summed E-state index contributed by atoms with van der Waals surface area (Å²) < 4.78 is 5.80. The largest absolute Gasteiger partial charge is 0.378 e. The molecule has 0 aromatic carbocycles. The molecule has 15 heavy (non-hydrogen) atoms. The van der Waals surface area contributed by atoms with Gasteiger partial charge in [-0.25, -0.2) is 0 Å². The summed E-state index contributed by atoms with van der Waals surface area (Å²) in [7, 11) is 0.